The Balaban J connectivity index is 1.83. The molecule has 0 aliphatic rings. The van der Waals surface area contributed by atoms with E-state index in [-0.39, 0.29) is 5.28 Å². The highest BCUT2D eigenvalue weighted by atomic mass is 35.5. The zero-order valence-corrected chi connectivity index (χ0v) is 16.9. The summed E-state index contributed by atoms with van der Waals surface area (Å²) in [7, 11) is 1.61. The molecular weight excluding hydrogens is 382 g/mol. The maximum atomic E-state index is 12.0. The summed E-state index contributed by atoms with van der Waals surface area (Å²) in [5.74, 6) is 0.555. The predicted octanol–water partition coefficient (Wildman–Crippen LogP) is 4.78. The van der Waals surface area contributed by atoms with Crippen molar-refractivity contribution in [1.29, 1.82) is 0 Å². The van der Waals surface area contributed by atoms with Crippen LogP contribution in [0, 0.1) is 0 Å². The molecule has 148 valence electrons. The van der Waals surface area contributed by atoms with Crippen LogP contribution in [0.4, 0.5) is 22.0 Å². The van der Waals surface area contributed by atoms with E-state index < -0.39 is 11.7 Å². The minimum atomic E-state index is -0.571. The minimum absolute atomic E-state index is 0.120. The summed E-state index contributed by atoms with van der Waals surface area (Å²) in [4.78, 5) is 20.5. The first-order valence-electron chi connectivity index (χ1n) is 8.63. The van der Waals surface area contributed by atoms with Gasteiger partial charge in [0, 0.05) is 24.7 Å². The van der Waals surface area contributed by atoms with E-state index >= 15 is 0 Å². The Labute approximate surface area is 167 Å². The number of fused-ring (bicyclic) bond motifs is 1. The standard InChI is InChI=1S/C19H22ClN5O3/c1-19(2,3)28-18(26)22-13-7-5-6-12(10-13)21-15-14-8-9-25(11-27-4)16(14)24-17(20)23-15/h5-10H,11H2,1-4H3,(H,22,26)(H,21,23,24). The SMILES string of the molecule is COCn1ccc2c(Nc3cccc(NC(=O)OC(C)(C)C)c3)nc(Cl)nc21. The lowest BCUT2D eigenvalue weighted by Gasteiger charge is -2.19. The average molecular weight is 404 g/mol. The van der Waals surface area contributed by atoms with Crippen LogP contribution in [0.2, 0.25) is 5.28 Å². The zero-order chi connectivity index (χ0) is 20.3. The van der Waals surface area contributed by atoms with Crippen LogP contribution in [-0.2, 0) is 16.2 Å². The molecule has 3 aromatic rings. The van der Waals surface area contributed by atoms with E-state index in [4.69, 9.17) is 21.1 Å². The minimum Gasteiger partial charge on any atom is -0.444 e. The number of aromatic nitrogens is 3. The lowest BCUT2D eigenvalue weighted by molar-refractivity contribution is 0.0636. The van der Waals surface area contributed by atoms with E-state index in [0.717, 1.165) is 11.1 Å². The van der Waals surface area contributed by atoms with Gasteiger partial charge in [0.1, 0.15) is 23.8 Å². The zero-order valence-electron chi connectivity index (χ0n) is 16.1. The van der Waals surface area contributed by atoms with Crippen molar-refractivity contribution in [2.24, 2.45) is 0 Å². The van der Waals surface area contributed by atoms with Gasteiger partial charge in [-0.05, 0) is 56.6 Å². The van der Waals surface area contributed by atoms with Crippen molar-refractivity contribution in [1.82, 2.24) is 14.5 Å². The molecule has 2 N–H and O–H groups in total. The number of nitrogens with zero attached hydrogens (tertiary/aromatic N) is 3. The molecule has 2 heterocycles. The Morgan fingerprint density at radius 2 is 1.96 bits per heavy atom. The van der Waals surface area contributed by atoms with Gasteiger partial charge >= 0.3 is 6.09 Å². The number of benzene rings is 1. The van der Waals surface area contributed by atoms with Crippen molar-refractivity contribution in [3.8, 4) is 0 Å². The molecule has 0 spiro atoms. The second kappa shape index (κ2) is 8.04. The molecule has 28 heavy (non-hydrogen) atoms. The molecule has 2 aromatic heterocycles. The molecule has 0 radical (unpaired) electrons. The Kier molecular flexibility index (Phi) is 5.71. The van der Waals surface area contributed by atoms with Gasteiger partial charge in [0.25, 0.3) is 0 Å². The number of amides is 1. The Morgan fingerprint density at radius 1 is 1.21 bits per heavy atom. The first-order chi connectivity index (χ1) is 13.2. The van der Waals surface area contributed by atoms with Gasteiger partial charge in [-0.15, -0.1) is 0 Å². The first kappa shape index (κ1) is 19.9. The van der Waals surface area contributed by atoms with Gasteiger partial charge in [-0.3, -0.25) is 5.32 Å². The normalized spacial score (nSPS) is 11.5. The Hall–Kier alpha value is -2.84. The van der Waals surface area contributed by atoms with Crippen LogP contribution in [0.1, 0.15) is 20.8 Å². The van der Waals surface area contributed by atoms with Crippen LogP contribution < -0.4 is 10.6 Å². The third-order valence-corrected chi connectivity index (χ3v) is 3.80. The van der Waals surface area contributed by atoms with Crippen LogP contribution in [0.25, 0.3) is 11.0 Å². The molecule has 0 aliphatic carbocycles. The molecule has 9 heteroatoms. The Bertz CT molecular complexity index is 997. The highest BCUT2D eigenvalue weighted by Gasteiger charge is 2.16. The second-order valence-corrected chi connectivity index (χ2v) is 7.45. The van der Waals surface area contributed by atoms with Gasteiger partial charge in [0.05, 0.1) is 5.39 Å². The number of carbonyl (C=O) groups is 1. The van der Waals surface area contributed by atoms with Crippen LogP contribution >= 0.6 is 11.6 Å². The molecular formula is C19H22ClN5O3. The van der Waals surface area contributed by atoms with Crippen molar-refractivity contribution in [3.05, 3.63) is 41.8 Å². The second-order valence-electron chi connectivity index (χ2n) is 7.11. The smallest absolute Gasteiger partial charge is 0.412 e. The molecule has 0 aliphatic heterocycles. The predicted molar refractivity (Wildman–Crippen MR) is 109 cm³/mol. The van der Waals surface area contributed by atoms with E-state index in [1.54, 1.807) is 19.2 Å². The molecule has 0 saturated carbocycles. The first-order valence-corrected chi connectivity index (χ1v) is 9.01. The number of ether oxygens (including phenoxy) is 2. The lowest BCUT2D eigenvalue weighted by Crippen LogP contribution is -2.27. The van der Waals surface area contributed by atoms with Gasteiger partial charge < -0.3 is 19.4 Å². The maximum Gasteiger partial charge on any atom is 0.412 e. The summed E-state index contributed by atoms with van der Waals surface area (Å²) in [6, 6.07) is 9.10. The van der Waals surface area contributed by atoms with E-state index in [1.807, 2.05) is 49.7 Å². The highest BCUT2D eigenvalue weighted by molar-refractivity contribution is 6.28. The van der Waals surface area contributed by atoms with Gasteiger partial charge in [-0.1, -0.05) is 6.07 Å². The summed E-state index contributed by atoms with van der Waals surface area (Å²) < 4.78 is 12.3. The van der Waals surface area contributed by atoms with Crippen LogP contribution in [0.15, 0.2) is 36.5 Å². The molecule has 1 amide bonds. The fourth-order valence-electron chi connectivity index (χ4n) is 2.61. The largest absolute Gasteiger partial charge is 0.444 e. The highest BCUT2D eigenvalue weighted by Crippen LogP contribution is 2.27. The number of rotatable bonds is 5. The molecule has 0 bridgehead atoms. The van der Waals surface area contributed by atoms with Crippen molar-refractivity contribution in [2.45, 2.75) is 33.1 Å². The maximum absolute atomic E-state index is 12.0. The van der Waals surface area contributed by atoms with E-state index in [1.165, 1.54) is 0 Å². The molecule has 3 rings (SSSR count). The van der Waals surface area contributed by atoms with Crippen molar-refractivity contribution < 1.29 is 14.3 Å². The number of methoxy groups -OCH3 is 1. The van der Waals surface area contributed by atoms with Crippen LogP contribution in [0.5, 0.6) is 0 Å². The lowest BCUT2D eigenvalue weighted by atomic mass is 10.2. The van der Waals surface area contributed by atoms with E-state index in [2.05, 4.69) is 20.6 Å². The van der Waals surface area contributed by atoms with Crippen LogP contribution in [0.3, 0.4) is 0 Å². The summed E-state index contributed by atoms with van der Waals surface area (Å²) >= 11 is 6.09. The van der Waals surface area contributed by atoms with E-state index in [0.29, 0.717) is 23.9 Å². The summed E-state index contributed by atoms with van der Waals surface area (Å²) in [5, 5.41) is 6.85. The topological polar surface area (TPSA) is 90.3 Å². The third-order valence-electron chi connectivity index (χ3n) is 3.63. The summed E-state index contributed by atoms with van der Waals surface area (Å²) in [6.45, 7) is 5.78. The van der Waals surface area contributed by atoms with Gasteiger partial charge in [-0.25, -0.2) is 4.79 Å². The Morgan fingerprint density at radius 3 is 2.68 bits per heavy atom. The third kappa shape index (κ3) is 4.90. The molecule has 0 saturated heterocycles. The molecule has 1 aromatic carbocycles. The van der Waals surface area contributed by atoms with Crippen LogP contribution in [-0.4, -0.2) is 33.3 Å². The van der Waals surface area contributed by atoms with Crippen molar-refractivity contribution in [2.75, 3.05) is 17.7 Å². The number of hydrogen-bond acceptors (Lipinski definition) is 6. The fraction of sp³-hybridized carbons (Fsp3) is 0.316. The average Bonchev–Trinajstić information content (AvgIpc) is 2.97. The number of anilines is 3. The number of hydrogen-bond donors (Lipinski definition) is 2. The fourth-order valence-corrected chi connectivity index (χ4v) is 2.77. The molecule has 0 fully saturated rings. The molecule has 0 unspecified atom stereocenters. The molecule has 0 atom stereocenters. The monoisotopic (exact) mass is 403 g/mol. The van der Waals surface area contributed by atoms with Gasteiger partial charge in [-0.2, -0.15) is 9.97 Å². The van der Waals surface area contributed by atoms with Gasteiger partial charge in [0.15, 0.2) is 0 Å². The van der Waals surface area contributed by atoms with Gasteiger partial charge in [0.2, 0.25) is 5.28 Å². The number of halogens is 1. The van der Waals surface area contributed by atoms with Crippen molar-refractivity contribution in [3.63, 3.8) is 0 Å². The summed E-state index contributed by atoms with van der Waals surface area (Å²) in [6.07, 6.45) is 1.33. The number of nitrogens with one attached hydrogen (secondary N) is 2. The quantitative estimate of drug-likeness (QED) is 0.596. The van der Waals surface area contributed by atoms with E-state index in [9.17, 15) is 4.79 Å². The number of carbonyl (C=O) groups excluding carboxylic acids is 1. The van der Waals surface area contributed by atoms with Crippen molar-refractivity contribution >= 4 is 45.9 Å². The summed E-state index contributed by atoms with van der Waals surface area (Å²) in [5.41, 5.74) is 1.41. The molecule has 8 nitrogen and oxygen atoms in total.